The van der Waals surface area contributed by atoms with Gasteiger partial charge in [-0.3, -0.25) is 14.5 Å². The third-order valence-corrected chi connectivity index (χ3v) is 5.81. The van der Waals surface area contributed by atoms with Gasteiger partial charge < -0.3 is 10.1 Å². The number of rotatable bonds is 5. The lowest BCUT2D eigenvalue weighted by Gasteiger charge is -2.31. The number of carbonyl (C=O) groups is 2. The predicted octanol–water partition coefficient (Wildman–Crippen LogP) is 3.92. The van der Waals surface area contributed by atoms with Gasteiger partial charge in [0.1, 0.15) is 11.6 Å². The minimum absolute atomic E-state index is 0.0435. The van der Waals surface area contributed by atoms with Crippen LogP contribution >= 0.6 is 0 Å². The molecule has 32 heavy (non-hydrogen) atoms. The molecule has 2 aliphatic rings. The molecule has 1 aliphatic carbocycles. The zero-order chi connectivity index (χ0) is 22.9. The van der Waals surface area contributed by atoms with E-state index in [0.717, 1.165) is 17.7 Å². The SMILES string of the molecule is COc1ccc(C(=O)N[C@@]2(C(F)(F)F)N=C(c3ccccc3)N(C3CCCC3)C2=O)cc1. The second kappa shape index (κ2) is 8.29. The molecule has 1 aliphatic heterocycles. The Morgan fingerprint density at radius 2 is 1.72 bits per heavy atom. The molecule has 0 radical (unpaired) electrons. The third kappa shape index (κ3) is 3.72. The van der Waals surface area contributed by atoms with Crippen molar-refractivity contribution in [2.24, 2.45) is 4.99 Å². The van der Waals surface area contributed by atoms with Crippen molar-refractivity contribution in [1.82, 2.24) is 10.2 Å². The van der Waals surface area contributed by atoms with Gasteiger partial charge in [0.05, 0.1) is 7.11 Å². The van der Waals surface area contributed by atoms with Crippen molar-refractivity contribution in [2.45, 2.75) is 43.6 Å². The average molecular weight is 445 g/mol. The van der Waals surface area contributed by atoms with Crippen molar-refractivity contribution in [2.75, 3.05) is 7.11 Å². The maximum Gasteiger partial charge on any atom is 0.442 e. The van der Waals surface area contributed by atoms with Crippen molar-refractivity contribution >= 4 is 17.6 Å². The van der Waals surface area contributed by atoms with E-state index in [0.29, 0.717) is 24.2 Å². The van der Waals surface area contributed by atoms with Crippen LogP contribution in [0.2, 0.25) is 0 Å². The minimum atomic E-state index is -5.14. The molecule has 2 amide bonds. The van der Waals surface area contributed by atoms with Gasteiger partial charge in [0.2, 0.25) is 0 Å². The van der Waals surface area contributed by atoms with Gasteiger partial charge >= 0.3 is 11.8 Å². The molecular formula is C23H22F3N3O3. The summed E-state index contributed by atoms with van der Waals surface area (Å²) in [6.45, 7) is 0. The molecule has 1 saturated carbocycles. The number of hydrogen-bond acceptors (Lipinski definition) is 4. The first-order chi connectivity index (χ1) is 15.3. The van der Waals surface area contributed by atoms with E-state index >= 15 is 0 Å². The van der Waals surface area contributed by atoms with E-state index in [9.17, 15) is 22.8 Å². The fourth-order valence-corrected chi connectivity index (χ4v) is 4.14. The zero-order valence-corrected chi connectivity index (χ0v) is 17.4. The van der Waals surface area contributed by atoms with Crippen LogP contribution in [-0.4, -0.2) is 47.5 Å². The fourth-order valence-electron chi connectivity index (χ4n) is 4.14. The number of amides is 2. The molecule has 1 N–H and O–H groups in total. The Morgan fingerprint density at radius 3 is 2.28 bits per heavy atom. The smallest absolute Gasteiger partial charge is 0.442 e. The molecular weight excluding hydrogens is 423 g/mol. The average Bonchev–Trinajstić information content (AvgIpc) is 3.41. The largest absolute Gasteiger partial charge is 0.497 e. The van der Waals surface area contributed by atoms with E-state index < -0.39 is 29.7 Å². The lowest BCUT2D eigenvalue weighted by Crippen LogP contribution is -2.64. The van der Waals surface area contributed by atoms with Crippen LogP contribution in [0, 0.1) is 0 Å². The quantitative estimate of drug-likeness (QED) is 0.759. The van der Waals surface area contributed by atoms with Crippen LogP contribution in [0.3, 0.4) is 0 Å². The Labute approximate surface area is 183 Å². The van der Waals surface area contributed by atoms with Crippen molar-refractivity contribution in [3.63, 3.8) is 0 Å². The first-order valence-electron chi connectivity index (χ1n) is 10.3. The number of nitrogens with one attached hydrogen (secondary N) is 1. The number of methoxy groups -OCH3 is 1. The Kier molecular flexibility index (Phi) is 5.66. The highest BCUT2D eigenvalue weighted by atomic mass is 19.4. The summed E-state index contributed by atoms with van der Waals surface area (Å²) in [5.74, 6) is -1.96. The van der Waals surface area contributed by atoms with Crippen LogP contribution in [0.15, 0.2) is 59.6 Å². The van der Waals surface area contributed by atoms with E-state index in [1.807, 2.05) is 5.32 Å². The molecule has 0 spiro atoms. The summed E-state index contributed by atoms with van der Waals surface area (Å²) >= 11 is 0. The Bertz CT molecular complexity index is 1030. The Hall–Kier alpha value is -3.36. The van der Waals surface area contributed by atoms with Crippen molar-refractivity contribution in [3.05, 3.63) is 65.7 Å². The maximum absolute atomic E-state index is 14.4. The van der Waals surface area contributed by atoms with Crippen LogP contribution in [0.25, 0.3) is 0 Å². The lowest BCUT2D eigenvalue weighted by molar-refractivity contribution is -0.196. The number of aliphatic imine (C=N–C) groups is 1. The summed E-state index contributed by atoms with van der Waals surface area (Å²) in [4.78, 5) is 31.2. The summed E-state index contributed by atoms with van der Waals surface area (Å²) in [6.07, 6.45) is -2.35. The molecule has 1 heterocycles. The molecule has 1 atom stereocenters. The van der Waals surface area contributed by atoms with Gasteiger partial charge in [-0.15, -0.1) is 0 Å². The Balaban J connectivity index is 1.78. The number of hydrogen-bond donors (Lipinski definition) is 1. The second-order valence-electron chi connectivity index (χ2n) is 7.81. The van der Waals surface area contributed by atoms with Crippen molar-refractivity contribution < 1.29 is 27.5 Å². The maximum atomic E-state index is 14.4. The summed E-state index contributed by atoms with van der Waals surface area (Å²) in [5, 5.41) is 1.91. The lowest BCUT2D eigenvalue weighted by atomic mass is 10.1. The third-order valence-electron chi connectivity index (χ3n) is 5.81. The number of ether oxygens (including phenoxy) is 1. The zero-order valence-electron chi connectivity index (χ0n) is 17.4. The first kappa shape index (κ1) is 21.9. The summed E-state index contributed by atoms with van der Waals surface area (Å²) in [5.41, 5.74) is -3.05. The van der Waals surface area contributed by atoms with Gasteiger partial charge in [-0.2, -0.15) is 13.2 Å². The molecule has 0 saturated heterocycles. The van der Waals surface area contributed by atoms with E-state index in [2.05, 4.69) is 4.99 Å². The van der Waals surface area contributed by atoms with Gasteiger partial charge in [-0.05, 0) is 37.1 Å². The van der Waals surface area contributed by atoms with Crippen molar-refractivity contribution in [3.8, 4) is 5.75 Å². The molecule has 9 heteroatoms. The van der Waals surface area contributed by atoms with Crippen LogP contribution in [0.1, 0.15) is 41.6 Å². The topological polar surface area (TPSA) is 71.0 Å². The highest BCUT2D eigenvalue weighted by Crippen LogP contribution is 2.41. The molecule has 0 unspecified atom stereocenters. The van der Waals surface area contributed by atoms with E-state index in [4.69, 9.17) is 4.74 Å². The van der Waals surface area contributed by atoms with Crippen molar-refractivity contribution in [1.29, 1.82) is 0 Å². The number of nitrogens with zero attached hydrogens (tertiary/aromatic N) is 2. The molecule has 1 fully saturated rings. The standard InChI is InChI=1S/C23H22F3N3O3/c1-32-18-13-11-16(12-14-18)20(30)28-22(23(24,25)26)21(31)29(17-9-5-6-10-17)19(27-22)15-7-3-2-4-8-15/h2-4,7-8,11-14,17H,5-6,9-10H2,1H3,(H,28,30)/t22-/m0/s1. The molecule has 0 bridgehead atoms. The molecule has 0 aromatic heterocycles. The number of benzene rings is 2. The molecule has 168 valence electrons. The second-order valence-corrected chi connectivity index (χ2v) is 7.81. The highest BCUT2D eigenvalue weighted by molar-refractivity contribution is 6.17. The first-order valence-corrected chi connectivity index (χ1v) is 10.3. The van der Waals surface area contributed by atoms with Gasteiger partial charge in [-0.25, -0.2) is 4.99 Å². The molecule has 6 nitrogen and oxygen atoms in total. The molecule has 2 aromatic rings. The molecule has 4 rings (SSSR count). The van der Waals surface area contributed by atoms with E-state index in [1.54, 1.807) is 30.3 Å². The van der Waals surface area contributed by atoms with Crippen LogP contribution < -0.4 is 10.1 Å². The monoisotopic (exact) mass is 445 g/mol. The van der Waals surface area contributed by atoms with E-state index in [1.165, 1.54) is 31.4 Å². The van der Waals surface area contributed by atoms with Crippen LogP contribution in [-0.2, 0) is 4.79 Å². The summed E-state index contributed by atoms with van der Waals surface area (Å²) < 4.78 is 48.3. The molecule has 2 aromatic carbocycles. The number of alkyl halides is 3. The van der Waals surface area contributed by atoms with Gasteiger partial charge in [0, 0.05) is 17.2 Å². The van der Waals surface area contributed by atoms with E-state index in [-0.39, 0.29) is 11.4 Å². The van der Waals surface area contributed by atoms with Crippen LogP contribution in [0.5, 0.6) is 5.75 Å². The van der Waals surface area contributed by atoms with Gasteiger partial charge in [0.25, 0.3) is 11.8 Å². The Morgan fingerprint density at radius 1 is 1.09 bits per heavy atom. The number of carbonyl (C=O) groups excluding carboxylic acids is 2. The summed E-state index contributed by atoms with van der Waals surface area (Å²) in [7, 11) is 1.43. The van der Waals surface area contributed by atoms with Crippen LogP contribution in [0.4, 0.5) is 13.2 Å². The highest BCUT2D eigenvalue weighted by Gasteiger charge is 2.68. The fraction of sp³-hybridized carbons (Fsp3) is 0.348. The normalized spacial score (nSPS) is 21.6. The van der Waals surface area contributed by atoms with Gasteiger partial charge in [0.15, 0.2) is 0 Å². The van der Waals surface area contributed by atoms with Gasteiger partial charge in [-0.1, -0.05) is 43.2 Å². The number of halogens is 3. The minimum Gasteiger partial charge on any atom is -0.497 e. The predicted molar refractivity (Wildman–Crippen MR) is 111 cm³/mol. The summed E-state index contributed by atoms with van der Waals surface area (Å²) in [6, 6.07) is 13.4. The number of amidine groups is 1.